The van der Waals surface area contributed by atoms with Crippen LogP contribution in [0.25, 0.3) is 0 Å². The molecule has 26 heavy (non-hydrogen) atoms. The maximum absolute atomic E-state index is 12.2. The molecular formula is C21H25ClN2O2. The van der Waals surface area contributed by atoms with Crippen molar-refractivity contribution in [2.24, 2.45) is 0 Å². The third-order valence-corrected chi connectivity index (χ3v) is 5.09. The van der Waals surface area contributed by atoms with Gasteiger partial charge in [0.15, 0.2) is 0 Å². The van der Waals surface area contributed by atoms with Crippen LogP contribution in [0.4, 0.5) is 0 Å². The summed E-state index contributed by atoms with van der Waals surface area (Å²) in [7, 11) is 1.68. The Bertz CT molecular complexity index is 733. The van der Waals surface area contributed by atoms with E-state index in [0.29, 0.717) is 19.0 Å². The second kappa shape index (κ2) is 9.06. The zero-order valence-corrected chi connectivity index (χ0v) is 15.8. The summed E-state index contributed by atoms with van der Waals surface area (Å²) in [6.07, 6.45) is 2.55. The molecule has 0 radical (unpaired) electrons. The molecule has 2 aromatic rings. The molecule has 5 heteroatoms. The zero-order chi connectivity index (χ0) is 18.4. The second-order valence-electron chi connectivity index (χ2n) is 6.66. The molecular weight excluding hydrogens is 348 g/mol. The van der Waals surface area contributed by atoms with Gasteiger partial charge in [-0.25, -0.2) is 0 Å². The highest BCUT2D eigenvalue weighted by atomic mass is 35.5. The number of ether oxygens (including phenoxy) is 1. The summed E-state index contributed by atoms with van der Waals surface area (Å²) in [5.41, 5.74) is 2.32. The van der Waals surface area contributed by atoms with Crippen LogP contribution in [0.3, 0.4) is 0 Å². The molecule has 1 unspecified atom stereocenters. The van der Waals surface area contributed by atoms with Gasteiger partial charge in [0.1, 0.15) is 5.75 Å². The maximum Gasteiger partial charge on any atom is 0.223 e. The van der Waals surface area contributed by atoms with Crippen LogP contribution in [0.5, 0.6) is 5.75 Å². The molecule has 1 N–H and O–H groups in total. The molecule has 1 amide bonds. The molecule has 0 saturated carbocycles. The predicted octanol–water partition coefficient (Wildman–Crippen LogP) is 4.02. The number of hydrogen-bond acceptors (Lipinski definition) is 3. The molecule has 1 atom stereocenters. The number of amides is 1. The molecule has 1 aliphatic rings. The largest absolute Gasteiger partial charge is 0.497 e. The molecule has 4 nitrogen and oxygen atoms in total. The SMILES string of the molecule is COc1cccc(CNCCC2CCC(=O)N2Cc2ccc(Cl)cc2)c1. The monoisotopic (exact) mass is 372 g/mol. The van der Waals surface area contributed by atoms with Gasteiger partial charge >= 0.3 is 0 Å². The van der Waals surface area contributed by atoms with Gasteiger partial charge in [0.2, 0.25) is 5.91 Å². The topological polar surface area (TPSA) is 41.6 Å². The van der Waals surface area contributed by atoms with Crippen molar-refractivity contribution in [1.82, 2.24) is 10.2 Å². The summed E-state index contributed by atoms with van der Waals surface area (Å²) in [5.74, 6) is 1.12. The Hall–Kier alpha value is -2.04. The van der Waals surface area contributed by atoms with E-state index < -0.39 is 0 Å². The average Bonchev–Trinajstić information content (AvgIpc) is 3.00. The first-order valence-electron chi connectivity index (χ1n) is 9.03. The predicted molar refractivity (Wildman–Crippen MR) is 104 cm³/mol. The van der Waals surface area contributed by atoms with Gasteiger partial charge in [0.25, 0.3) is 0 Å². The molecule has 1 aliphatic heterocycles. The minimum absolute atomic E-state index is 0.248. The van der Waals surface area contributed by atoms with Gasteiger partial charge in [-0.05, 0) is 54.8 Å². The Morgan fingerprint density at radius 3 is 2.77 bits per heavy atom. The lowest BCUT2D eigenvalue weighted by Gasteiger charge is -2.25. The number of nitrogens with zero attached hydrogens (tertiary/aromatic N) is 1. The van der Waals surface area contributed by atoms with Crippen LogP contribution in [-0.4, -0.2) is 30.5 Å². The van der Waals surface area contributed by atoms with E-state index in [9.17, 15) is 4.79 Å². The summed E-state index contributed by atoms with van der Waals surface area (Å²) >= 11 is 5.94. The van der Waals surface area contributed by atoms with Gasteiger partial charge < -0.3 is 15.0 Å². The summed E-state index contributed by atoms with van der Waals surface area (Å²) in [6, 6.07) is 16.1. The highest BCUT2D eigenvalue weighted by Gasteiger charge is 2.30. The van der Waals surface area contributed by atoms with Gasteiger partial charge in [-0.3, -0.25) is 4.79 Å². The van der Waals surface area contributed by atoms with Gasteiger partial charge in [-0.15, -0.1) is 0 Å². The van der Waals surface area contributed by atoms with Crippen molar-refractivity contribution in [3.05, 3.63) is 64.7 Å². The molecule has 2 aromatic carbocycles. The van der Waals surface area contributed by atoms with Crippen LogP contribution in [0.15, 0.2) is 48.5 Å². The first kappa shape index (κ1) is 18.7. The van der Waals surface area contributed by atoms with Crippen LogP contribution in [-0.2, 0) is 17.9 Å². The molecule has 1 saturated heterocycles. The van der Waals surface area contributed by atoms with E-state index in [1.54, 1.807) is 7.11 Å². The molecule has 3 rings (SSSR count). The first-order valence-corrected chi connectivity index (χ1v) is 9.41. The number of nitrogens with one attached hydrogen (secondary N) is 1. The number of likely N-dealkylation sites (tertiary alicyclic amines) is 1. The van der Waals surface area contributed by atoms with E-state index in [-0.39, 0.29) is 5.91 Å². The zero-order valence-electron chi connectivity index (χ0n) is 15.1. The number of carbonyl (C=O) groups is 1. The van der Waals surface area contributed by atoms with E-state index in [4.69, 9.17) is 16.3 Å². The maximum atomic E-state index is 12.2. The Labute approximate surface area is 160 Å². The normalized spacial score (nSPS) is 16.9. The minimum atomic E-state index is 0.248. The highest BCUT2D eigenvalue weighted by molar-refractivity contribution is 6.30. The van der Waals surface area contributed by atoms with Crippen molar-refractivity contribution >= 4 is 17.5 Å². The molecule has 0 spiro atoms. The number of benzene rings is 2. The lowest BCUT2D eigenvalue weighted by atomic mass is 10.1. The Morgan fingerprint density at radius 2 is 2.00 bits per heavy atom. The van der Waals surface area contributed by atoms with Gasteiger partial charge in [-0.2, -0.15) is 0 Å². The Kier molecular flexibility index (Phi) is 6.53. The second-order valence-corrected chi connectivity index (χ2v) is 7.09. The van der Waals surface area contributed by atoms with Crippen LogP contribution in [0.2, 0.25) is 5.02 Å². The fourth-order valence-electron chi connectivity index (χ4n) is 3.38. The average molecular weight is 373 g/mol. The van der Waals surface area contributed by atoms with Crippen LogP contribution < -0.4 is 10.1 Å². The molecule has 0 aliphatic carbocycles. The van der Waals surface area contributed by atoms with Gasteiger partial charge in [-0.1, -0.05) is 35.9 Å². The highest BCUT2D eigenvalue weighted by Crippen LogP contribution is 2.24. The Morgan fingerprint density at radius 1 is 1.19 bits per heavy atom. The molecule has 1 fully saturated rings. The van der Waals surface area contributed by atoms with Crippen molar-refractivity contribution in [3.8, 4) is 5.75 Å². The van der Waals surface area contributed by atoms with Crippen LogP contribution in [0, 0.1) is 0 Å². The summed E-state index contributed by atoms with van der Waals surface area (Å²) in [6.45, 7) is 2.35. The number of hydrogen-bond donors (Lipinski definition) is 1. The lowest BCUT2D eigenvalue weighted by molar-refractivity contribution is -0.129. The lowest BCUT2D eigenvalue weighted by Crippen LogP contribution is -2.34. The number of methoxy groups -OCH3 is 1. The molecule has 0 bridgehead atoms. The third-order valence-electron chi connectivity index (χ3n) is 4.84. The van der Waals surface area contributed by atoms with Crippen molar-refractivity contribution < 1.29 is 9.53 Å². The van der Waals surface area contributed by atoms with Crippen molar-refractivity contribution in [3.63, 3.8) is 0 Å². The summed E-state index contributed by atoms with van der Waals surface area (Å²) in [5, 5.41) is 4.20. The number of halogens is 1. The number of rotatable bonds is 8. The molecule has 0 aromatic heterocycles. The fourth-order valence-corrected chi connectivity index (χ4v) is 3.51. The summed E-state index contributed by atoms with van der Waals surface area (Å²) < 4.78 is 5.25. The first-order chi connectivity index (χ1) is 12.7. The van der Waals surface area contributed by atoms with Crippen molar-refractivity contribution in [2.75, 3.05) is 13.7 Å². The Balaban J connectivity index is 1.48. The van der Waals surface area contributed by atoms with Crippen molar-refractivity contribution in [1.29, 1.82) is 0 Å². The van der Waals surface area contributed by atoms with Gasteiger partial charge in [0.05, 0.1) is 7.11 Å². The van der Waals surface area contributed by atoms with Gasteiger partial charge in [0, 0.05) is 30.6 Å². The van der Waals surface area contributed by atoms with E-state index >= 15 is 0 Å². The van der Waals surface area contributed by atoms with Crippen molar-refractivity contribution in [2.45, 2.75) is 38.4 Å². The van der Waals surface area contributed by atoms with E-state index in [0.717, 1.165) is 42.3 Å². The van der Waals surface area contributed by atoms with Crippen LogP contribution >= 0.6 is 11.6 Å². The standard InChI is InChI=1S/C21H25ClN2O2/c1-26-20-4-2-3-17(13-20)14-23-12-11-19-9-10-21(25)24(19)15-16-5-7-18(22)8-6-16/h2-8,13,19,23H,9-12,14-15H2,1H3. The number of carbonyl (C=O) groups excluding carboxylic acids is 1. The minimum Gasteiger partial charge on any atom is -0.497 e. The third kappa shape index (κ3) is 4.99. The quantitative estimate of drug-likeness (QED) is 0.711. The van der Waals surface area contributed by atoms with E-state index in [1.807, 2.05) is 47.4 Å². The smallest absolute Gasteiger partial charge is 0.223 e. The molecule has 138 valence electrons. The fraction of sp³-hybridized carbons (Fsp3) is 0.381. The van der Waals surface area contributed by atoms with Crippen LogP contribution in [0.1, 0.15) is 30.4 Å². The van der Waals surface area contributed by atoms with E-state index in [2.05, 4.69) is 11.4 Å². The van der Waals surface area contributed by atoms with E-state index in [1.165, 1.54) is 5.56 Å². The summed E-state index contributed by atoms with van der Waals surface area (Å²) in [4.78, 5) is 14.3. The molecule has 1 heterocycles.